The first-order valence-electron chi connectivity index (χ1n) is 5.97. The minimum absolute atomic E-state index is 0.414. The van der Waals surface area contributed by atoms with Gasteiger partial charge in [0.2, 0.25) is 0 Å². The van der Waals surface area contributed by atoms with E-state index in [4.69, 9.17) is 10.5 Å². The fourth-order valence-electron chi connectivity index (χ4n) is 1.28. The summed E-state index contributed by atoms with van der Waals surface area (Å²) in [7, 11) is 0. The average Bonchev–Trinajstić information content (AvgIpc) is 2.23. The first-order valence-corrected chi connectivity index (χ1v) is 5.97. The van der Waals surface area contributed by atoms with Crippen LogP contribution in [0.3, 0.4) is 0 Å². The number of hydrogen-bond acceptors (Lipinski definition) is 4. The second-order valence-corrected chi connectivity index (χ2v) is 3.78. The van der Waals surface area contributed by atoms with Crippen molar-refractivity contribution in [2.24, 2.45) is 5.73 Å². The second-order valence-electron chi connectivity index (χ2n) is 3.78. The van der Waals surface area contributed by atoms with Crippen LogP contribution >= 0.6 is 0 Å². The van der Waals surface area contributed by atoms with E-state index < -0.39 is 6.10 Å². The Morgan fingerprint density at radius 2 is 2.13 bits per heavy atom. The van der Waals surface area contributed by atoms with Crippen LogP contribution in [0.25, 0.3) is 0 Å². The van der Waals surface area contributed by atoms with E-state index in [9.17, 15) is 5.11 Å². The summed E-state index contributed by atoms with van der Waals surface area (Å²) in [4.78, 5) is 0. The van der Waals surface area contributed by atoms with E-state index in [1.165, 1.54) is 19.3 Å². The van der Waals surface area contributed by atoms with Crippen molar-refractivity contribution in [3.05, 3.63) is 0 Å². The van der Waals surface area contributed by atoms with Crippen molar-refractivity contribution in [3.8, 4) is 0 Å². The first kappa shape index (κ1) is 14.8. The Labute approximate surface area is 93.2 Å². The molecule has 15 heavy (non-hydrogen) atoms. The summed E-state index contributed by atoms with van der Waals surface area (Å²) in [5, 5.41) is 12.5. The molecule has 4 N–H and O–H groups in total. The normalized spacial score (nSPS) is 13.0. The second kappa shape index (κ2) is 11.9. The number of aliphatic hydroxyl groups excluding tert-OH is 1. The van der Waals surface area contributed by atoms with Gasteiger partial charge in [-0.15, -0.1) is 0 Å². The molecule has 0 aliphatic rings. The van der Waals surface area contributed by atoms with Gasteiger partial charge in [-0.3, -0.25) is 0 Å². The van der Waals surface area contributed by atoms with Crippen LogP contribution in [-0.2, 0) is 4.74 Å². The van der Waals surface area contributed by atoms with Gasteiger partial charge in [-0.2, -0.15) is 0 Å². The lowest BCUT2D eigenvalue weighted by Crippen LogP contribution is -2.33. The summed E-state index contributed by atoms with van der Waals surface area (Å²) in [6, 6.07) is 0. The van der Waals surface area contributed by atoms with Crippen LogP contribution in [0.15, 0.2) is 0 Å². The van der Waals surface area contributed by atoms with Crippen LogP contribution in [0, 0.1) is 0 Å². The summed E-state index contributed by atoms with van der Waals surface area (Å²) < 4.78 is 5.35. The van der Waals surface area contributed by atoms with Gasteiger partial charge in [-0.1, -0.05) is 26.2 Å². The molecule has 1 atom stereocenters. The van der Waals surface area contributed by atoms with Gasteiger partial charge in [-0.05, 0) is 6.42 Å². The van der Waals surface area contributed by atoms with Gasteiger partial charge in [0.1, 0.15) is 0 Å². The van der Waals surface area contributed by atoms with Crippen LogP contribution in [-0.4, -0.2) is 44.1 Å². The Hall–Kier alpha value is -0.160. The molecule has 92 valence electrons. The Morgan fingerprint density at radius 3 is 2.80 bits per heavy atom. The van der Waals surface area contributed by atoms with Gasteiger partial charge in [0, 0.05) is 26.2 Å². The van der Waals surface area contributed by atoms with Crippen molar-refractivity contribution in [1.82, 2.24) is 5.32 Å². The summed E-state index contributed by atoms with van der Waals surface area (Å²) in [5.74, 6) is 0. The predicted molar refractivity (Wildman–Crippen MR) is 62.9 cm³/mol. The highest BCUT2D eigenvalue weighted by atomic mass is 16.5. The molecule has 4 nitrogen and oxygen atoms in total. The zero-order valence-electron chi connectivity index (χ0n) is 9.87. The fraction of sp³-hybridized carbons (Fsp3) is 1.00. The highest BCUT2D eigenvalue weighted by molar-refractivity contribution is 4.58. The number of nitrogens with one attached hydrogen (secondary N) is 1. The van der Waals surface area contributed by atoms with Crippen molar-refractivity contribution in [1.29, 1.82) is 0 Å². The van der Waals surface area contributed by atoms with Gasteiger partial charge >= 0.3 is 0 Å². The van der Waals surface area contributed by atoms with Gasteiger partial charge < -0.3 is 20.9 Å². The lowest BCUT2D eigenvalue weighted by atomic mass is 10.2. The number of aliphatic hydroxyl groups is 1. The molecule has 0 spiro atoms. The van der Waals surface area contributed by atoms with Crippen LogP contribution in [0.2, 0.25) is 0 Å². The third kappa shape index (κ3) is 11.8. The summed E-state index contributed by atoms with van der Waals surface area (Å²) in [6.07, 6.45) is 4.41. The van der Waals surface area contributed by atoms with E-state index in [2.05, 4.69) is 12.2 Å². The Kier molecular flexibility index (Phi) is 11.8. The third-order valence-corrected chi connectivity index (χ3v) is 2.15. The number of unbranched alkanes of at least 4 members (excludes halogenated alkanes) is 3. The Morgan fingerprint density at radius 1 is 1.33 bits per heavy atom. The Bertz CT molecular complexity index is 123. The molecule has 0 fully saturated rings. The zero-order chi connectivity index (χ0) is 11.4. The van der Waals surface area contributed by atoms with Gasteiger partial charge in [0.15, 0.2) is 0 Å². The molecule has 0 heterocycles. The van der Waals surface area contributed by atoms with Crippen LogP contribution < -0.4 is 11.1 Å². The maximum Gasteiger partial charge on any atom is 0.0897 e. The Balaban J connectivity index is 3.06. The smallest absolute Gasteiger partial charge is 0.0897 e. The lowest BCUT2D eigenvalue weighted by Gasteiger charge is -2.11. The van der Waals surface area contributed by atoms with E-state index in [0.29, 0.717) is 19.7 Å². The van der Waals surface area contributed by atoms with E-state index >= 15 is 0 Å². The van der Waals surface area contributed by atoms with Crippen molar-refractivity contribution in [2.45, 2.75) is 38.7 Å². The molecule has 0 saturated carbocycles. The molecular weight excluding hydrogens is 192 g/mol. The molecule has 4 heteroatoms. The summed E-state index contributed by atoms with van der Waals surface area (Å²) >= 11 is 0. The standard InChI is InChI=1S/C11H26N2O2/c1-2-3-4-5-8-15-10-11(14)9-13-7-6-12/h11,13-14H,2-10,12H2,1H3/t11-/m1/s1. The third-order valence-electron chi connectivity index (χ3n) is 2.15. The molecular formula is C11H26N2O2. The molecule has 0 unspecified atom stereocenters. The van der Waals surface area contributed by atoms with E-state index in [1.54, 1.807) is 0 Å². The molecule has 0 aliphatic heterocycles. The van der Waals surface area contributed by atoms with E-state index in [-0.39, 0.29) is 0 Å². The molecule has 0 amide bonds. The fourth-order valence-corrected chi connectivity index (χ4v) is 1.28. The molecule has 0 aromatic carbocycles. The van der Waals surface area contributed by atoms with Crippen LogP contribution in [0.4, 0.5) is 0 Å². The molecule has 0 bridgehead atoms. The van der Waals surface area contributed by atoms with E-state index in [1.807, 2.05) is 0 Å². The monoisotopic (exact) mass is 218 g/mol. The topological polar surface area (TPSA) is 67.5 Å². The number of nitrogens with two attached hydrogens (primary N) is 1. The molecule has 0 aromatic heterocycles. The SMILES string of the molecule is CCCCCCOC[C@H](O)CNCCN. The first-order chi connectivity index (χ1) is 7.31. The molecule has 0 saturated heterocycles. The zero-order valence-corrected chi connectivity index (χ0v) is 9.87. The summed E-state index contributed by atoms with van der Waals surface area (Å²) in [5.41, 5.74) is 5.31. The average molecular weight is 218 g/mol. The molecule has 0 rings (SSSR count). The van der Waals surface area contributed by atoms with E-state index in [0.717, 1.165) is 19.6 Å². The molecule has 0 radical (unpaired) electrons. The van der Waals surface area contributed by atoms with Crippen molar-refractivity contribution < 1.29 is 9.84 Å². The number of hydrogen-bond donors (Lipinski definition) is 3. The van der Waals surface area contributed by atoms with Gasteiger partial charge in [0.05, 0.1) is 12.7 Å². The quantitative estimate of drug-likeness (QED) is 0.442. The highest BCUT2D eigenvalue weighted by Gasteiger charge is 2.02. The predicted octanol–water partition coefficient (Wildman–Crippen LogP) is 0.493. The van der Waals surface area contributed by atoms with Crippen LogP contribution in [0.1, 0.15) is 32.6 Å². The molecule has 0 aromatic rings. The largest absolute Gasteiger partial charge is 0.389 e. The van der Waals surface area contributed by atoms with Gasteiger partial charge in [0.25, 0.3) is 0 Å². The van der Waals surface area contributed by atoms with Gasteiger partial charge in [-0.25, -0.2) is 0 Å². The lowest BCUT2D eigenvalue weighted by molar-refractivity contribution is 0.0357. The summed E-state index contributed by atoms with van der Waals surface area (Å²) in [6.45, 7) is 5.27. The maximum atomic E-state index is 9.45. The van der Waals surface area contributed by atoms with Crippen molar-refractivity contribution in [2.75, 3.05) is 32.8 Å². The number of rotatable bonds is 11. The van der Waals surface area contributed by atoms with Crippen molar-refractivity contribution in [3.63, 3.8) is 0 Å². The maximum absolute atomic E-state index is 9.45. The highest BCUT2D eigenvalue weighted by Crippen LogP contribution is 1.99. The minimum atomic E-state index is -0.414. The minimum Gasteiger partial charge on any atom is -0.389 e. The van der Waals surface area contributed by atoms with Crippen LogP contribution in [0.5, 0.6) is 0 Å². The molecule has 0 aliphatic carbocycles. The van der Waals surface area contributed by atoms with Crippen molar-refractivity contribution >= 4 is 0 Å². The number of ether oxygens (including phenoxy) is 1.